The van der Waals surface area contributed by atoms with Crippen LogP contribution in [0, 0.1) is 0 Å². The number of nitrogens with zero attached hydrogens (tertiary/aromatic N) is 4. The molecule has 1 fully saturated rings. The molecule has 0 spiro atoms. The normalized spacial score (nSPS) is 15.8. The third-order valence-electron chi connectivity index (χ3n) is 4.74. The van der Waals surface area contributed by atoms with E-state index in [1.54, 1.807) is 7.11 Å². The van der Waals surface area contributed by atoms with Crippen molar-refractivity contribution in [3.8, 4) is 5.75 Å². The molecule has 0 bridgehead atoms. The van der Waals surface area contributed by atoms with Gasteiger partial charge in [-0.1, -0.05) is 12.1 Å². The van der Waals surface area contributed by atoms with Crippen LogP contribution in [0.2, 0.25) is 0 Å². The summed E-state index contributed by atoms with van der Waals surface area (Å²) in [6, 6.07) is 7.73. The number of aryl methyl sites for hydroxylation is 1. The smallest absolute Gasteiger partial charge is 0.227 e. The molecule has 0 radical (unpaired) electrons. The van der Waals surface area contributed by atoms with Crippen LogP contribution in [0.5, 0.6) is 5.75 Å². The zero-order valence-corrected chi connectivity index (χ0v) is 15.0. The molecule has 2 aromatic rings. The Bertz CT molecular complexity index is 696. The van der Waals surface area contributed by atoms with E-state index in [4.69, 9.17) is 4.74 Å². The molecule has 6 nitrogen and oxygen atoms in total. The van der Waals surface area contributed by atoms with Gasteiger partial charge in [-0.3, -0.25) is 9.69 Å². The van der Waals surface area contributed by atoms with Crippen molar-refractivity contribution in [2.75, 3.05) is 33.3 Å². The fraction of sp³-hybridized carbons (Fsp3) is 0.474. The minimum absolute atomic E-state index is 0.198. The van der Waals surface area contributed by atoms with E-state index >= 15 is 0 Å². The first-order valence-corrected chi connectivity index (χ1v) is 8.75. The lowest BCUT2D eigenvalue weighted by Crippen LogP contribution is -2.36. The van der Waals surface area contributed by atoms with Gasteiger partial charge >= 0.3 is 0 Å². The lowest BCUT2D eigenvalue weighted by molar-refractivity contribution is -0.130. The summed E-state index contributed by atoms with van der Waals surface area (Å²) in [4.78, 5) is 21.4. The SMILES string of the molecule is COc1ccc(CC(=O)N2CCCN(Cc3nccn3C)CC2)cc1. The molecule has 3 rings (SSSR count). The van der Waals surface area contributed by atoms with Crippen LogP contribution in [0.15, 0.2) is 36.7 Å². The summed E-state index contributed by atoms with van der Waals surface area (Å²) in [6.07, 6.45) is 5.25. The Morgan fingerprint density at radius 1 is 1.16 bits per heavy atom. The third-order valence-corrected chi connectivity index (χ3v) is 4.74. The molecule has 1 amide bonds. The van der Waals surface area contributed by atoms with Crippen LogP contribution in [0.4, 0.5) is 0 Å². The molecule has 134 valence electrons. The molecule has 1 aromatic heterocycles. The summed E-state index contributed by atoms with van der Waals surface area (Å²) in [7, 11) is 3.67. The van der Waals surface area contributed by atoms with Crippen LogP contribution in [0.25, 0.3) is 0 Å². The fourth-order valence-electron chi connectivity index (χ4n) is 3.16. The summed E-state index contributed by atoms with van der Waals surface area (Å²) >= 11 is 0. The molecule has 1 aromatic carbocycles. The van der Waals surface area contributed by atoms with Gasteiger partial charge < -0.3 is 14.2 Å². The number of rotatable bonds is 5. The Hall–Kier alpha value is -2.34. The molecule has 1 aliphatic heterocycles. The fourth-order valence-corrected chi connectivity index (χ4v) is 3.16. The van der Waals surface area contributed by atoms with Crippen molar-refractivity contribution in [3.05, 3.63) is 48.0 Å². The number of imidazole rings is 1. The number of ether oxygens (including phenoxy) is 1. The molecule has 1 aliphatic rings. The summed E-state index contributed by atoms with van der Waals surface area (Å²) < 4.78 is 7.22. The highest BCUT2D eigenvalue weighted by Crippen LogP contribution is 2.14. The van der Waals surface area contributed by atoms with Gasteiger partial charge in [-0.15, -0.1) is 0 Å². The Morgan fingerprint density at radius 2 is 1.96 bits per heavy atom. The van der Waals surface area contributed by atoms with E-state index in [1.165, 1.54) is 0 Å². The van der Waals surface area contributed by atoms with E-state index in [0.29, 0.717) is 6.42 Å². The molecule has 2 heterocycles. The van der Waals surface area contributed by atoms with E-state index in [-0.39, 0.29) is 5.91 Å². The Kier molecular flexibility index (Phi) is 5.71. The van der Waals surface area contributed by atoms with E-state index in [9.17, 15) is 4.79 Å². The van der Waals surface area contributed by atoms with Gasteiger partial charge in [0.15, 0.2) is 0 Å². The first-order valence-electron chi connectivity index (χ1n) is 8.75. The molecule has 0 N–H and O–H groups in total. The van der Waals surface area contributed by atoms with Gasteiger partial charge in [0, 0.05) is 45.6 Å². The van der Waals surface area contributed by atoms with Crippen molar-refractivity contribution in [2.45, 2.75) is 19.4 Å². The van der Waals surface area contributed by atoms with E-state index in [2.05, 4.69) is 14.5 Å². The predicted molar refractivity (Wildman–Crippen MR) is 96.4 cm³/mol. The van der Waals surface area contributed by atoms with E-state index in [1.807, 2.05) is 48.6 Å². The van der Waals surface area contributed by atoms with E-state index in [0.717, 1.165) is 56.3 Å². The van der Waals surface area contributed by atoms with Gasteiger partial charge in [0.1, 0.15) is 11.6 Å². The average Bonchev–Trinajstić information content (AvgIpc) is 2.88. The largest absolute Gasteiger partial charge is 0.497 e. The monoisotopic (exact) mass is 342 g/mol. The third kappa shape index (κ3) is 4.60. The Labute approximate surface area is 149 Å². The minimum atomic E-state index is 0.198. The van der Waals surface area contributed by atoms with Crippen molar-refractivity contribution in [1.82, 2.24) is 19.4 Å². The topological polar surface area (TPSA) is 50.6 Å². The first-order chi connectivity index (χ1) is 12.2. The maximum absolute atomic E-state index is 12.6. The molecule has 0 saturated carbocycles. The highest BCUT2D eigenvalue weighted by molar-refractivity contribution is 5.78. The quantitative estimate of drug-likeness (QED) is 0.830. The number of hydrogen-bond acceptors (Lipinski definition) is 4. The maximum atomic E-state index is 12.6. The van der Waals surface area contributed by atoms with Gasteiger partial charge in [0.2, 0.25) is 5.91 Å². The zero-order valence-electron chi connectivity index (χ0n) is 15.0. The molecule has 25 heavy (non-hydrogen) atoms. The second-order valence-corrected chi connectivity index (χ2v) is 6.49. The molecule has 0 aliphatic carbocycles. The molecule has 0 atom stereocenters. The van der Waals surface area contributed by atoms with Crippen LogP contribution in [-0.4, -0.2) is 58.5 Å². The molecule has 0 unspecified atom stereocenters. The number of methoxy groups -OCH3 is 1. The Balaban J connectivity index is 1.53. The summed E-state index contributed by atoms with van der Waals surface area (Å²) in [5, 5.41) is 0. The lowest BCUT2D eigenvalue weighted by atomic mass is 10.1. The number of benzene rings is 1. The summed E-state index contributed by atoms with van der Waals surface area (Å²) in [6.45, 7) is 4.33. The number of hydrogen-bond donors (Lipinski definition) is 0. The standard InChI is InChI=1S/C19H26N4O2/c1-21-11-8-20-18(21)15-22-9-3-10-23(13-12-22)19(24)14-16-4-6-17(25-2)7-5-16/h4-8,11H,3,9-10,12-15H2,1-2H3. The van der Waals surface area contributed by atoms with Crippen LogP contribution < -0.4 is 4.74 Å². The van der Waals surface area contributed by atoms with Crippen LogP contribution in [0.3, 0.4) is 0 Å². The molecular weight excluding hydrogens is 316 g/mol. The van der Waals surface area contributed by atoms with Gasteiger partial charge in [-0.2, -0.15) is 0 Å². The second-order valence-electron chi connectivity index (χ2n) is 6.49. The van der Waals surface area contributed by atoms with Crippen LogP contribution in [0.1, 0.15) is 17.8 Å². The summed E-state index contributed by atoms with van der Waals surface area (Å²) in [5.41, 5.74) is 1.03. The summed E-state index contributed by atoms with van der Waals surface area (Å²) in [5.74, 6) is 2.08. The van der Waals surface area contributed by atoms with Crippen LogP contribution >= 0.6 is 0 Å². The van der Waals surface area contributed by atoms with E-state index < -0.39 is 0 Å². The highest BCUT2D eigenvalue weighted by Gasteiger charge is 2.20. The zero-order chi connectivity index (χ0) is 17.6. The minimum Gasteiger partial charge on any atom is -0.497 e. The Morgan fingerprint density at radius 3 is 2.64 bits per heavy atom. The van der Waals surface area contributed by atoms with Crippen molar-refractivity contribution >= 4 is 5.91 Å². The lowest BCUT2D eigenvalue weighted by Gasteiger charge is -2.22. The van der Waals surface area contributed by atoms with Gasteiger partial charge in [-0.05, 0) is 24.1 Å². The maximum Gasteiger partial charge on any atom is 0.227 e. The van der Waals surface area contributed by atoms with Crippen molar-refractivity contribution in [1.29, 1.82) is 0 Å². The average molecular weight is 342 g/mol. The van der Waals surface area contributed by atoms with Crippen molar-refractivity contribution in [2.24, 2.45) is 7.05 Å². The second kappa shape index (κ2) is 8.16. The number of carbonyl (C=O) groups is 1. The number of carbonyl (C=O) groups excluding carboxylic acids is 1. The van der Waals surface area contributed by atoms with Gasteiger partial charge in [0.05, 0.1) is 20.1 Å². The molecule has 6 heteroatoms. The first kappa shape index (κ1) is 17.5. The molecule has 1 saturated heterocycles. The molecular formula is C19H26N4O2. The van der Waals surface area contributed by atoms with Gasteiger partial charge in [0.25, 0.3) is 0 Å². The highest BCUT2D eigenvalue weighted by atomic mass is 16.5. The predicted octanol–water partition coefficient (Wildman–Crippen LogP) is 1.71. The number of amides is 1. The number of aromatic nitrogens is 2. The van der Waals surface area contributed by atoms with Crippen molar-refractivity contribution in [3.63, 3.8) is 0 Å². The van der Waals surface area contributed by atoms with Crippen molar-refractivity contribution < 1.29 is 9.53 Å². The van der Waals surface area contributed by atoms with Crippen LogP contribution in [-0.2, 0) is 24.8 Å². The van der Waals surface area contributed by atoms with Gasteiger partial charge in [-0.25, -0.2) is 4.98 Å².